The van der Waals surface area contributed by atoms with Gasteiger partial charge in [-0.25, -0.2) is 13.2 Å². The third-order valence-electron chi connectivity index (χ3n) is 3.92. The first-order chi connectivity index (χ1) is 12.4. The number of ether oxygens (including phenoxy) is 1. The second-order valence-electron chi connectivity index (χ2n) is 5.68. The summed E-state index contributed by atoms with van der Waals surface area (Å²) in [6.07, 6.45) is 1.40. The Balaban J connectivity index is 1.98. The van der Waals surface area contributed by atoms with E-state index in [-0.39, 0.29) is 17.1 Å². The van der Waals surface area contributed by atoms with E-state index in [1.54, 1.807) is 30.0 Å². The van der Waals surface area contributed by atoms with Gasteiger partial charge < -0.3 is 4.74 Å². The minimum absolute atomic E-state index is 0.0623. The Morgan fingerprint density at radius 1 is 1.35 bits per heavy atom. The molecule has 1 aliphatic rings. The molecule has 0 radical (unpaired) electrons. The van der Waals surface area contributed by atoms with Crippen molar-refractivity contribution in [1.29, 1.82) is 0 Å². The van der Waals surface area contributed by atoms with E-state index in [1.165, 1.54) is 22.3 Å². The highest BCUT2D eigenvalue weighted by atomic mass is 35.5. The van der Waals surface area contributed by atoms with Gasteiger partial charge in [0.15, 0.2) is 0 Å². The smallest absolute Gasteiger partial charge is 0.342 e. The summed E-state index contributed by atoms with van der Waals surface area (Å²) >= 11 is 7.68. The fraction of sp³-hybridized carbons (Fsp3) is 0.375. The van der Waals surface area contributed by atoms with E-state index in [2.05, 4.69) is 5.10 Å². The van der Waals surface area contributed by atoms with Crippen molar-refractivity contribution in [2.45, 2.75) is 11.6 Å². The van der Waals surface area contributed by atoms with Gasteiger partial charge in [-0.3, -0.25) is 4.68 Å². The minimum Gasteiger partial charge on any atom is -0.465 e. The molecule has 0 N–H and O–H groups in total. The standard InChI is InChI=1S/C16H18ClN3O4S2/c1-24-16(21)14-11-19(10-12-3-2-4-13(17)9-12)18-15(14)26(22,23)20-5-7-25-8-6-20/h2-4,9,11H,5-8,10H2,1H3. The van der Waals surface area contributed by atoms with E-state index >= 15 is 0 Å². The predicted molar refractivity (Wildman–Crippen MR) is 100 cm³/mol. The van der Waals surface area contributed by atoms with Crippen LogP contribution in [0.15, 0.2) is 35.5 Å². The Hall–Kier alpha value is -1.55. The van der Waals surface area contributed by atoms with E-state index in [0.717, 1.165) is 17.1 Å². The topological polar surface area (TPSA) is 81.5 Å². The first-order valence-electron chi connectivity index (χ1n) is 7.90. The lowest BCUT2D eigenvalue weighted by Crippen LogP contribution is -2.38. The van der Waals surface area contributed by atoms with Crippen LogP contribution in [0, 0.1) is 0 Å². The van der Waals surface area contributed by atoms with Gasteiger partial charge >= 0.3 is 5.97 Å². The van der Waals surface area contributed by atoms with Crippen LogP contribution in [0.25, 0.3) is 0 Å². The van der Waals surface area contributed by atoms with Crippen LogP contribution in [0.2, 0.25) is 5.02 Å². The van der Waals surface area contributed by atoms with Gasteiger partial charge in [-0.1, -0.05) is 23.7 Å². The monoisotopic (exact) mass is 415 g/mol. The molecule has 0 unspecified atom stereocenters. The number of aromatic nitrogens is 2. The Labute approximate surface area is 161 Å². The molecule has 0 spiro atoms. The van der Waals surface area contributed by atoms with Crippen LogP contribution >= 0.6 is 23.4 Å². The molecule has 0 amide bonds. The molecule has 0 atom stereocenters. The van der Waals surface area contributed by atoms with Crippen LogP contribution in [-0.4, -0.2) is 60.2 Å². The molecule has 0 bridgehead atoms. The zero-order valence-corrected chi connectivity index (χ0v) is 16.5. The number of rotatable bonds is 5. The highest BCUT2D eigenvalue weighted by Gasteiger charge is 2.34. The van der Waals surface area contributed by atoms with Crippen LogP contribution in [0.1, 0.15) is 15.9 Å². The fourth-order valence-electron chi connectivity index (χ4n) is 2.66. The Morgan fingerprint density at radius 3 is 2.73 bits per heavy atom. The maximum absolute atomic E-state index is 13.0. The summed E-state index contributed by atoms with van der Waals surface area (Å²) in [6, 6.07) is 7.15. The molecule has 7 nitrogen and oxygen atoms in total. The summed E-state index contributed by atoms with van der Waals surface area (Å²) in [7, 11) is -2.65. The van der Waals surface area contributed by atoms with Crippen molar-refractivity contribution >= 4 is 39.4 Å². The van der Waals surface area contributed by atoms with Crippen molar-refractivity contribution in [3.63, 3.8) is 0 Å². The normalized spacial score (nSPS) is 15.8. The Morgan fingerprint density at radius 2 is 2.08 bits per heavy atom. The molecule has 2 heterocycles. The number of halogens is 1. The van der Waals surface area contributed by atoms with Gasteiger partial charge in [0, 0.05) is 35.8 Å². The van der Waals surface area contributed by atoms with Gasteiger partial charge in [0.1, 0.15) is 5.56 Å². The number of carbonyl (C=O) groups excluding carboxylic acids is 1. The van der Waals surface area contributed by atoms with Gasteiger partial charge in [0.25, 0.3) is 10.0 Å². The van der Waals surface area contributed by atoms with Crippen LogP contribution < -0.4 is 0 Å². The summed E-state index contributed by atoms with van der Waals surface area (Å²) in [5.41, 5.74) is 0.780. The Bertz CT molecular complexity index is 908. The first-order valence-corrected chi connectivity index (χ1v) is 10.9. The average Bonchev–Trinajstić information content (AvgIpc) is 3.06. The molecular weight excluding hydrogens is 398 g/mol. The number of hydrogen-bond donors (Lipinski definition) is 0. The van der Waals surface area contributed by atoms with E-state index in [9.17, 15) is 13.2 Å². The maximum Gasteiger partial charge on any atom is 0.342 e. The molecule has 1 saturated heterocycles. The van der Waals surface area contributed by atoms with Crippen LogP contribution in [-0.2, 0) is 21.3 Å². The number of sulfonamides is 1. The van der Waals surface area contributed by atoms with Crippen molar-refractivity contribution in [3.05, 3.63) is 46.6 Å². The zero-order chi connectivity index (χ0) is 18.7. The number of benzene rings is 1. The van der Waals surface area contributed by atoms with Gasteiger partial charge in [-0.15, -0.1) is 0 Å². The lowest BCUT2D eigenvalue weighted by atomic mass is 10.2. The number of carbonyl (C=O) groups is 1. The SMILES string of the molecule is COC(=O)c1cn(Cc2cccc(Cl)c2)nc1S(=O)(=O)N1CCSCC1. The van der Waals surface area contributed by atoms with E-state index in [0.29, 0.717) is 18.1 Å². The largest absolute Gasteiger partial charge is 0.465 e. The molecular formula is C16H18ClN3O4S2. The number of thioether (sulfide) groups is 1. The number of methoxy groups -OCH3 is 1. The minimum atomic E-state index is -3.87. The number of esters is 1. The molecule has 1 aromatic carbocycles. The molecule has 140 valence electrons. The van der Waals surface area contributed by atoms with Crippen molar-refractivity contribution < 1.29 is 17.9 Å². The Kier molecular flexibility index (Phi) is 5.91. The number of nitrogens with zero attached hydrogens (tertiary/aromatic N) is 3. The summed E-state index contributed by atoms with van der Waals surface area (Å²) in [4.78, 5) is 12.1. The van der Waals surface area contributed by atoms with Gasteiger partial charge in [0.05, 0.1) is 13.7 Å². The second kappa shape index (κ2) is 7.99. The van der Waals surface area contributed by atoms with Crippen LogP contribution in [0.3, 0.4) is 0 Å². The first kappa shape index (κ1) is 19.2. The molecule has 1 fully saturated rings. The third kappa shape index (κ3) is 4.06. The summed E-state index contributed by atoms with van der Waals surface area (Å²) in [5.74, 6) is 0.707. The lowest BCUT2D eigenvalue weighted by Gasteiger charge is -2.24. The molecule has 1 aromatic heterocycles. The quantitative estimate of drug-likeness (QED) is 0.695. The van der Waals surface area contributed by atoms with Gasteiger partial charge in [0.2, 0.25) is 5.03 Å². The van der Waals surface area contributed by atoms with Crippen LogP contribution in [0.5, 0.6) is 0 Å². The van der Waals surface area contributed by atoms with Crippen molar-refractivity contribution in [2.24, 2.45) is 0 Å². The zero-order valence-electron chi connectivity index (χ0n) is 14.1. The van der Waals surface area contributed by atoms with Crippen molar-refractivity contribution in [3.8, 4) is 0 Å². The molecule has 10 heteroatoms. The highest BCUT2D eigenvalue weighted by Crippen LogP contribution is 2.23. The molecule has 1 aliphatic heterocycles. The lowest BCUT2D eigenvalue weighted by molar-refractivity contribution is 0.0596. The van der Waals surface area contributed by atoms with E-state index in [4.69, 9.17) is 16.3 Å². The van der Waals surface area contributed by atoms with Crippen molar-refractivity contribution in [2.75, 3.05) is 31.7 Å². The molecule has 26 heavy (non-hydrogen) atoms. The molecule has 0 aliphatic carbocycles. The van der Waals surface area contributed by atoms with E-state index in [1.807, 2.05) is 6.07 Å². The van der Waals surface area contributed by atoms with Gasteiger partial charge in [-0.05, 0) is 17.7 Å². The number of hydrogen-bond acceptors (Lipinski definition) is 6. The summed E-state index contributed by atoms with van der Waals surface area (Å²) in [6.45, 7) is 1.08. The molecule has 2 aromatic rings. The second-order valence-corrected chi connectivity index (χ2v) is 9.20. The molecule has 3 rings (SSSR count). The predicted octanol–water partition coefficient (Wildman–Crippen LogP) is 2.11. The fourth-order valence-corrected chi connectivity index (χ4v) is 5.53. The third-order valence-corrected chi connectivity index (χ3v) is 6.93. The maximum atomic E-state index is 13.0. The van der Waals surface area contributed by atoms with Crippen molar-refractivity contribution in [1.82, 2.24) is 14.1 Å². The summed E-state index contributed by atoms with van der Waals surface area (Å²) < 4.78 is 33.4. The molecule has 0 saturated carbocycles. The average molecular weight is 416 g/mol. The van der Waals surface area contributed by atoms with Gasteiger partial charge in [-0.2, -0.15) is 21.2 Å². The van der Waals surface area contributed by atoms with E-state index < -0.39 is 16.0 Å². The summed E-state index contributed by atoms with van der Waals surface area (Å²) in [5, 5.41) is 4.49. The highest BCUT2D eigenvalue weighted by molar-refractivity contribution is 7.99. The van der Waals surface area contributed by atoms with Crippen LogP contribution in [0.4, 0.5) is 0 Å².